The fourth-order valence-corrected chi connectivity index (χ4v) is 2.57. The molecular formula is C20H24N2O4. The Kier molecular flexibility index (Phi) is 6.60. The Balaban J connectivity index is 2.12. The van der Waals surface area contributed by atoms with Gasteiger partial charge in [0, 0.05) is 16.8 Å². The Bertz CT molecular complexity index is 789. The third kappa shape index (κ3) is 4.99. The maximum atomic E-state index is 12.6. The predicted molar refractivity (Wildman–Crippen MR) is 101 cm³/mol. The number of ether oxygens (including phenoxy) is 2. The molecule has 0 radical (unpaired) electrons. The van der Waals surface area contributed by atoms with Crippen molar-refractivity contribution in [3.8, 4) is 5.75 Å². The maximum Gasteiger partial charge on any atom is 0.411 e. The molecule has 138 valence electrons. The fourth-order valence-electron chi connectivity index (χ4n) is 2.57. The molecule has 0 aliphatic carbocycles. The lowest BCUT2D eigenvalue weighted by atomic mass is 10.0. The van der Waals surface area contributed by atoms with Gasteiger partial charge in [0.2, 0.25) is 0 Å². The number of carbonyl (C=O) groups excluding carboxylic acids is 2. The van der Waals surface area contributed by atoms with Crippen LogP contribution in [-0.4, -0.2) is 25.7 Å². The van der Waals surface area contributed by atoms with Crippen molar-refractivity contribution in [3.63, 3.8) is 0 Å². The minimum absolute atomic E-state index is 0.237. The Morgan fingerprint density at radius 3 is 2.62 bits per heavy atom. The van der Waals surface area contributed by atoms with Gasteiger partial charge >= 0.3 is 6.09 Å². The first-order valence-electron chi connectivity index (χ1n) is 8.43. The number of nitrogens with one attached hydrogen (secondary N) is 2. The van der Waals surface area contributed by atoms with Crippen molar-refractivity contribution in [2.24, 2.45) is 0 Å². The number of hydrogen-bond donors (Lipinski definition) is 2. The Hall–Kier alpha value is -3.02. The van der Waals surface area contributed by atoms with Gasteiger partial charge in [0.05, 0.1) is 19.8 Å². The number of methoxy groups -OCH3 is 1. The van der Waals surface area contributed by atoms with Gasteiger partial charge in [0.25, 0.3) is 5.91 Å². The molecule has 0 spiro atoms. The summed E-state index contributed by atoms with van der Waals surface area (Å²) in [7, 11) is 1.60. The van der Waals surface area contributed by atoms with Crippen molar-refractivity contribution in [1.82, 2.24) is 5.32 Å². The number of benzene rings is 2. The third-order valence-corrected chi connectivity index (χ3v) is 3.85. The van der Waals surface area contributed by atoms with Gasteiger partial charge in [0.1, 0.15) is 5.75 Å². The Morgan fingerprint density at radius 2 is 1.92 bits per heavy atom. The SMILES string of the molecule is CCOC(=O)Nc1cccc(C(=O)N[C@H](C)c2cc(C)ccc2OC)c1. The minimum Gasteiger partial charge on any atom is -0.496 e. The maximum absolute atomic E-state index is 12.6. The van der Waals surface area contributed by atoms with Crippen LogP contribution in [0.5, 0.6) is 5.75 Å². The number of aryl methyl sites for hydroxylation is 1. The van der Waals surface area contributed by atoms with E-state index in [1.54, 1.807) is 38.3 Å². The molecule has 2 N–H and O–H groups in total. The lowest BCUT2D eigenvalue weighted by Crippen LogP contribution is -2.27. The third-order valence-electron chi connectivity index (χ3n) is 3.85. The summed E-state index contributed by atoms with van der Waals surface area (Å²) in [5, 5.41) is 5.54. The van der Waals surface area contributed by atoms with Gasteiger partial charge in [-0.1, -0.05) is 23.8 Å². The molecule has 0 aliphatic rings. The van der Waals surface area contributed by atoms with Crippen LogP contribution < -0.4 is 15.4 Å². The second-order valence-corrected chi connectivity index (χ2v) is 5.87. The molecule has 1 atom stereocenters. The second-order valence-electron chi connectivity index (χ2n) is 5.87. The summed E-state index contributed by atoms with van der Waals surface area (Å²) in [4.78, 5) is 24.1. The number of amides is 2. The molecule has 0 saturated heterocycles. The molecule has 2 aromatic carbocycles. The van der Waals surface area contributed by atoms with E-state index in [1.807, 2.05) is 32.0 Å². The molecule has 0 aliphatic heterocycles. The zero-order valence-corrected chi connectivity index (χ0v) is 15.5. The summed E-state index contributed by atoms with van der Waals surface area (Å²) in [5.74, 6) is 0.481. The van der Waals surface area contributed by atoms with Crippen molar-refractivity contribution in [2.45, 2.75) is 26.8 Å². The lowest BCUT2D eigenvalue weighted by molar-refractivity contribution is 0.0939. The summed E-state index contributed by atoms with van der Waals surface area (Å²) in [6.07, 6.45) is -0.553. The molecule has 0 fully saturated rings. The average Bonchev–Trinajstić information content (AvgIpc) is 2.62. The van der Waals surface area contributed by atoms with Gasteiger partial charge in [-0.2, -0.15) is 0 Å². The van der Waals surface area contributed by atoms with E-state index in [0.717, 1.165) is 16.9 Å². The highest BCUT2D eigenvalue weighted by molar-refractivity contribution is 5.96. The summed E-state index contributed by atoms with van der Waals surface area (Å²) in [6.45, 7) is 5.89. The standard InChI is InChI=1S/C20H24N2O4/c1-5-26-20(24)22-16-8-6-7-15(12-16)19(23)21-14(3)17-11-13(2)9-10-18(17)25-4/h6-12,14H,5H2,1-4H3,(H,21,23)(H,22,24)/t14-/m1/s1. The van der Waals surface area contributed by atoms with E-state index in [9.17, 15) is 9.59 Å². The molecule has 6 nitrogen and oxygen atoms in total. The quantitative estimate of drug-likeness (QED) is 0.818. The first kappa shape index (κ1) is 19.3. The molecule has 0 saturated carbocycles. The first-order chi connectivity index (χ1) is 12.4. The van der Waals surface area contributed by atoms with Crippen molar-refractivity contribution < 1.29 is 19.1 Å². The second kappa shape index (κ2) is 8.89. The molecule has 0 bridgehead atoms. The zero-order valence-electron chi connectivity index (χ0n) is 15.5. The molecule has 0 heterocycles. The van der Waals surface area contributed by atoms with Crippen LogP contribution in [0.4, 0.5) is 10.5 Å². The van der Waals surface area contributed by atoms with Crippen LogP contribution in [-0.2, 0) is 4.74 Å². The smallest absolute Gasteiger partial charge is 0.411 e. The minimum atomic E-state index is -0.553. The Labute approximate surface area is 153 Å². The monoisotopic (exact) mass is 356 g/mol. The predicted octanol–water partition coefficient (Wildman–Crippen LogP) is 4.06. The van der Waals surface area contributed by atoms with Crippen molar-refractivity contribution >= 4 is 17.7 Å². The van der Waals surface area contributed by atoms with Gasteiger partial charge in [-0.3, -0.25) is 10.1 Å². The molecule has 0 unspecified atom stereocenters. The molecule has 2 amide bonds. The van der Waals surface area contributed by atoms with Crippen LogP contribution in [0.1, 0.15) is 41.4 Å². The van der Waals surface area contributed by atoms with Crippen LogP contribution in [0.15, 0.2) is 42.5 Å². The van der Waals surface area contributed by atoms with Crippen LogP contribution >= 0.6 is 0 Å². The summed E-state index contributed by atoms with van der Waals surface area (Å²) in [5.41, 5.74) is 2.93. The van der Waals surface area contributed by atoms with E-state index in [-0.39, 0.29) is 18.6 Å². The number of rotatable bonds is 6. The first-order valence-corrected chi connectivity index (χ1v) is 8.43. The molecule has 0 aromatic heterocycles. The number of anilines is 1. The van der Waals surface area contributed by atoms with Crippen LogP contribution in [0.2, 0.25) is 0 Å². The summed E-state index contributed by atoms with van der Waals surface area (Å²) >= 11 is 0. The highest BCUT2D eigenvalue weighted by atomic mass is 16.5. The van der Waals surface area contributed by atoms with Crippen LogP contribution in [0.25, 0.3) is 0 Å². The average molecular weight is 356 g/mol. The highest BCUT2D eigenvalue weighted by Crippen LogP contribution is 2.26. The van der Waals surface area contributed by atoms with Crippen molar-refractivity contribution in [2.75, 3.05) is 19.0 Å². The van der Waals surface area contributed by atoms with E-state index >= 15 is 0 Å². The van der Waals surface area contributed by atoms with E-state index in [2.05, 4.69) is 10.6 Å². The van der Waals surface area contributed by atoms with E-state index in [1.165, 1.54) is 0 Å². The highest BCUT2D eigenvalue weighted by Gasteiger charge is 2.16. The van der Waals surface area contributed by atoms with Gasteiger partial charge in [-0.05, 0) is 45.0 Å². The van der Waals surface area contributed by atoms with E-state index < -0.39 is 6.09 Å². The van der Waals surface area contributed by atoms with Crippen molar-refractivity contribution in [3.05, 3.63) is 59.2 Å². The Morgan fingerprint density at radius 1 is 1.15 bits per heavy atom. The molecule has 26 heavy (non-hydrogen) atoms. The van der Waals surface area contributed by atoms with Crippen molar-refractivity contribution in [1.29, 1.82) is 0 Å². The van der Waals surface area contributed by atoms with Crippen LogP contribution in [0.3, 0.4) is 0 Å². The normalized spacial score (nSPS) is 11.4. The van der Waals surface area contributed by atoms with Gasteiger partial charge < -0.3 is 14.8 Å². The van der Waals surface area contributed by atoms with Crippen LogP contribution in [0, 0.1) is 6.92 Å². The largest absolute Gasteiger partial charge is 0.496 e. The van der Waals surface area contributed by atoms with Gasteiger partial charge in [-0.25, -0.2) is 4.79 Å². The summed E-state index contributed by atoms with van der Waals surface area (Å²) in [6, 6.07) is 12.3. The molecule has 2 rings (SSSR count). The topological polar surface area (TPSA) is 76.7 Å². The molecule has 6 heteroatoms. The number of carbonyl (C=O) groups is 2. The van der Waals surface area contributed by atoms with Gasteiger partial charge in [-0.15, -0.1) is 0 Å². The van der Waals surface area contributed by atoms with E-state index in [0.29, 0.717) is 11.3 Å². The molecular weight excluding hydrogens is 332 g/mol. The molecule has 2 aromatic rings. The lowest BCUT2D eigenvalue weighted by Gasteiger charge is -2.18. The van der Waals surface area contributed by atoms with E-state index in [4.69, 9.17) is 9.47 Å². The van der Waals surface area contributed by atoms with Gasteiger partial charge in [0.15, 0.2) is 0 Å². The summed E-state index contributed by atoms with van der Waals surface area (Å²) < 4.78 is 10.2. The zero-order chi connectivity index (χ0) is 19.1. The number of hydrogen-bond acceptors (Lipinski definition) is 4. The fraction of sp³-hybridized carbons (Fsp3) is 0.300.